The predicted octanol–water partition coefficient (Wildman–Crippen LogP) is 5.90. The number of rotatable bonds is 10. The molecule has 1 aromatic heterocycles. The van der Waals surface area contributed by atoms with Crippen LogP contribution in [0.2, 0.25) is 0 Å². The first-order valence-corrected chi connectivity index (χ1v) is 13.5. The lowest BCUT2D eigenvalue weighted by molar-refractivity contribution is -0.114. The molecule has 9 heteroatoms. The third kappa shape index (κ3) is 7.58. The van der Waals surface area contributed by atoms with Gasteiger partial charge in [-0.3, -0.25) is 14.4 Å². The fourth-order valence-electron chi connectivity index (χ4n) is 3.37. The number of thioether (sulfide) groups is 1. The van der Waals surface area contributed by atoms with E-state index in [4.69, 9.17) is 4.74 Å². The van der Waals surface area contributed by atoms with Gasteiger partial charge in [0, 0.05) is 21.0 Å². The molecule has 38 heavy (non-hydrogen) atoms. The van der Waals surface area contributed by atoms with Gasteiger partial charge in [0.15, 0.2) is 0 Å². The van der Waals surface area contributed by atoms with Gasteiger partial charge in [0.1, 0.15) is 11.4 Å². The highest BCUT2D eigenvalue weighted by Crippen LogP contribution is 2.25. The van der Waals surface area contributed by atoms with Gasteiger partial charge < -0.3 is 20.7 Å². The van der Waals surface area contributed by atoms with Crippen LogP contribution in [0.5, 0.6) is 5.75 Å². The number of ether oxygens (including phenoxy) is 1. The summed E-state index contributed by atoms with van der Waals surface area (Å²) in [6, 6.07) is 26.8. The van der Waals surface area contributed by atoms with Gasteiger partial charge in [-0.25, -0.2) is 0 Å². The molecule has 0 saturated carbocycles. The maximum atomic E-state index is 13.1. The standard InChI is InChI=1S/C29H25N3O4S2/c1-36-26-12-6-5-11-24(26)31-27(33)19-38-22-15-13-21(14-16-22)30-29(35)25(18-23-10-7-17-37-23)32-28(34)20-8-3-2-4-9-20/h2-18H,19H2,1H3,(H,30,35)(H,31,33)(H,32,34)/b25-18-. The summed E-state index contributed by atoms with van der Waals surface area (Å²) in [5, 5.41) is 10.3. The number of nitrogens with one attached hydrogen (secondary N) is 3. The zero-order valence-electron chi connectivity index (χ0n) is 20.5. The lowest BCUT2D eigenvalue weighted by Gasteiger charge is -2.12. The molecule has 192 valence electrons. The molecule has 3 N–H and O–H groups in total. The van der Waals surface area contributed by atoms with Crippen LogP contribution in [0.4, 0.5) is 11.4 Å². The molecular weight excluding hydrogens is 518 g/mol. The minimum absolute atomic E-state index is 0.132. The van der Waals surface area contributed by atoms with Gasteiger partial charge in [0.25, 0.3) is 11.8 Å². The Kier molecular flexibility index (Phi) is 9.33. The quantitative estimate of drug-likeness (QED) is 0.171. The van der Waals surface area contributed by atoms with Crippen molar-refractivity contribution < 1.29 is 19.1 Å². The molecule has 1 heterocycles. The van der Waals surface area contributed by atoms with E-state index in [1.807, 2.05) is 47.8 Å². The Morgan fingerprint density at radius 2 is 1.61 bits per heavy atom. The molecule has 0 bridgehead atoms. The van der Waals surface area contributed by atoms with Crippen molar-refractivity contribution in [1.29, 1.82) is 0 Å². The third-order valence-corrected chi connectivity index (χ3v) is 7.05. The van der Waals surface area contributed by atoms with Crippen molar-refractivity contribution in [3.63, 3.8) is 0 Å². The topological polar surface area (TPSA) is 96.5 Å². The van der Waals surface area contributed by atoms with E-state index in [-0.39, 0.29) is 23.3 Å². The molecular formula is C29H25N3O4S2. The number of anilines is 2. The van der Waals surface area contributed by atoms with Crippen molar-refractivity contribution in [2.45, 2.75) is 4.90 Å². The lowest BCUT2D eigenvalue weighted by atomic mass is 10.2. The lowest BCUT2D eigenvalue weighted by Crippen LogP contribution is -2.30. The number of amides is 3. The van der Waals surface area contributed by atoms with Crippen LogP contribution >= 0.6 is 23.1 Å². The van der Waals surface area contributed by atoms with Crippen LogP contribution in [0, 0.1) is 0 Å². The molecule has 7 nitrogen and oxygen atoms in total. The van der Waals surface area contributed by atoms with Crippen LogP contribution in [-0.2, 0) is 9.59 Å². The normalized spacial score (nSPS) is 10.9. The predicted molar refractivity (Wildman–Crippen MR) is 154 cm³/mol. The number of thiophene rings is 1. The molecule has 4 rings (SSSR count). The van der Waals surface area contributed by atoms with E-state index >= 15 is 0 Å². The Morgan fingerprint density at radius 3 is 2.32 bits per heavy atom. The van der Waals surface area contributed by atoms with Crippen LogP contribution in [0.25, 0.3) is 6.08 Å². The summed E-state index contributed by atoms with van der Waals surface area (Å²) in [5.41, 5.74) is 1.76. The van der Waals surface area contributed by atoms with Crippen molar-refractivity contribution in [1.82, 2.24) is 5.32 Å². The molecule has 0 atom stereocenters. The minimum atomic E-state index is -0.445. The molecule has 0 fully saturated rings. The molecule has 0 radical (unpaired) electrons. The average molecular weight is 544 g/mol. The summed E-state index contributed by atoms with van der Waals surface area (Å²) in [4.78, 5) is 39.8. The Morgan fingerprint density at radius 1 is 0.868 bits per heavy atom. The monoisotopic (exact) mass is 543 g/mol. The van der Waals surface area contributed by atoms with Crippen LogP contribution < -0.4 is 20.7 Å². The van der Waals surface area contributed by atoms with Crippen LogP contribution in [0.3, 0.4) is 0 Å². The van der Waals surface area contributed by atoms with E-state index in [2.05, 4.69) is 16.0 Å². The number of para-hydroxylation sites is 2. The first kappa shape index (κ1) is 26.7. The summed E-state index contributed by atoms with van der Waals surface area (Å²) < 4.78 is 5.26. The van der Waals surface area contributed by atoms with E-state index in [9.17, 15) is 14.4 Å². The van der Waals surface area contributed by atoms with Gasteiger partial charge in [-0.15, -0.1) is 23.1 Å². The van der Waals surface area contributed by atoms with Gasteiger partial charge in [-0.05, 0) is 66.1 Å². The van der Waals surface area contributed by atoms with Gasteiger partial charge in [-0.2, -0.15) is 0 Å². The molecule has 4 aromatic rings. The Balaban J connectivity index is 1.36. The highest BCUT2D eigenvalue weighted by Gasteiger charge is 2.15. The summed E-state index contributed by atoms with van der Waals surface area (Å²) in [6.07, 6.45) is 1.64. The maximum absolute atomic E-state index is 13.1. The van der Waals surface area contributed by atoms with Crippen molar-refractivity contribution in [3.8, 4) is 5.75 Å². The summed E-state index contributed by atoms with van der Waals surface area (Å²) in [6.45, 7) is 0. The highest BCUT2D eigenvalue weighted by atomic mass is 32.2. The average Bonchev–Trinajstić information content (AvgIpc) is 3.46. The fourth-order valence-corrected chi connectivity index (χ4v) is 4.73. The molecule has 0 saturated heterocycles. The van der Waals surface area contributed by atoms with E-state index in [0.717, 1.165) is 9.77 Å². The number of methoxy groups -OCH3 is 1. The van der Waals surface area contributed by atoms with E-state index in [1.165, 1.54) is 23.1 Å². The van der Waals surface area contributed by atoms with E-state index in [1.54, 1.807) is 61.7 Å². The second kappa shape index (κ2) is 13.3. The van der Waals surface area contributed by atoms with Gasteiger partial charge >= 0.3 is 0 Å². The highest BCUT2D eigenvalue weighted by molar-refractivity contribution is 8.00. The number of hydrogen-bond donors (Lipinski definition) is 3. The van der Waals surface area contributed by atoms with Gasteiger partial charge in [0.2, 0.25) is 5.91 Å². The van der Waals surface area contributed by atoms with Crippen LogP contribution in [0.15, 0.2) is 107 Å². The smallest absolute Gasteiger partial charge is 0.272 e. The molecule has 3 amide bonds. The largest absolute Gasteiger partial charge is 0.495 e. The molecule has 0 aliphatic rings. The van der Waals surface area contributed by atoms with Crippen molar-refractivity contribution in [2.75, 3.05) is 23.5 Å². The second-order valence-corrected chi connectivity index (χ2v) is 9.94. The zero-order valence-corrected chi connectivity index (χ0v) is 22.1. The van der Waals surface area contributed by atoms with E-state index < -0.39 is 5.91 Å². The number of carbonyl (C=O) groups excluding carboxylic acids is 3. The summed E-state index contributed by atoms with van der Waals surface area (Å²) in [7, 11) is 1.55. The minimum Gasteiger partial charge on any atom is -0.495 e. The summed E-state index contributed by atoms with van der Waals surface area (Å²) in [5.74, 6) is -0.169. The zero-order chi connectivity index (χ0) is 26.7. The number of carbonyl (C=O) groups is 3. The van der Waals surface area contributed by atoms with Crippen molar-refractivity contribution >= 4 is 58.3 Å². The molecule has 0 aliphatic heterocycles. The molecule has 0 spiro atoms. The molecule has 0 unspecified atom stereocenters. The Bertz CT molecular complexity index is 1420. The molecule has 3 aromatic carbocycles. The third-order valence-electron chi connectivity index (χ3n) is 5.22. The Labute approximate surface area is 228 Å². The van der Waals surface area contributed by atoms with Gasteiger partial charge in [0.05, 0.1) is 18.6 Å². The first-order valence-electron chi connectivity index (χ1n) is 11.6. The van der Waals surface area contributed by atoms with Crippen molar-refractivity contribution in [3.05, 3.63) is 113 Å². The summed E-state index contributed by atoms with van der Waals surface area (Å²) >= 11 is 2.83. The van der Waals surface area contributed by atoms with Crippen LogP contribution in [-0.4, -0.2) is 30.6 Å². The van der Waals surface area contributed by atoms with Crippen molar-refractivity contribution in [2.24, 2.45) is 0 Å². The van der Waals surface area contributed by atoms with Gasteiger partial charge in [-0.1, -0.05) is 36.4 Å². The Hall–Kier alpha value is -4.34. The fraction of sp³-hybridized carbons (Fsp3) is 0.0690. The van der Waals surface area contributed by atoms with Crippen LogP contribution in [0.1, 0.15) is 15.2 Å². The number of hydrogen-bond acceptors (Lipinski definition) is 6. The number of benzene rings is 3. The first-order chi connectivity index (χ1) is 18.5. The maximum Gasteiger partial charge on any atom is 0.272 e. The molecule has 0 aliphatic carbocycles. The SMILES string of the molecule is COc1ccccc1NC(=O)CSc1ccc(NC(=O)/C(=C/c2cccs2)NC(=O)c2ccccc2)cc1. The second-order valence-electron chi connectivity index (χ2n) is 7.91. The van der Waals surface area contributed by atoms with E-state index in [0.29, 0.717) is 22.7 Å².